The minimum atomic E-state index is -0.476. The highest BCUT2D eigenvalue weighted by Gasteiger charge is 2.18. The maximum absolute atomic E-state index is 12.6. The van der Waals surface area contributed by atoms with E-state index < -0.39 is 5.97 Å². The van der Waals surface area contributed by atoms with Gasteiger partial charge < -0.3 is 18.7 Å². The Labute approximate surface area is 153 Å². The normalized spacial score (nSPS) is 12.3. The van der Waals surface area contributed by atoms with Gasteiger partial charge in [0.05, 0.1) is 10.9 Å². The van der Waals surface area contributed by atoms with Gasteiger partial charge in [-0.1, -0.05) is 35.5 Å². The molecule has 5 rings (SSSR count). The largest absolute Gasteiger partial charge is 0.454 e. The highest BCUT2D eigenvalue weighted by atomic mass is 16.7. The van der Waals surface area contributed by atoms with Crippen molar-refractivity contribution < 1.29 is 23.5 Å². The van der Waals surface area contributed by atoms with Crippen molar-refractivity contribution in [3.63, 3.8) is 0 Å². The van der Waals surface area contributed by atoms with Crippen LogP contribution in [0.2, 0.25) is 0 Å². The number of hydrogen-bond donors (Lipinski definition) is 0. The fourth-order valence-electron chi connectivity index (χ4n) is 2.97. The SMILES string of the molecule is O=C(Oc1ccc2c(c1)OCO2)c1ccc2noc(-c3ccccc3)c2c1. The molecular formula is C21H13NO5. The summed E-state index contributed by atoms with van der Waals surface area (Å²) in [7, 11) is 0. The second-order valence-electron chi connectivity index (χ2n) is 6.01. The van der Waals surface area contributed by atoms with Crippen LogP contribution in [0.25, 0.3) is 22.2 Å². The van der Waals surface area contributed by atoms with E-state index in [0.29, 0.717) is 34.1 Å². The van der Waals surface area contributed by atoms with Gasteiger partial charge in [0.2, 0.25) is 6.79 Å². The van der Waals surface area contributed by atoms with Crippen LogP contribution in [0.4, 0.5) is 0 Å². The number of carbonyl (C=O) groups excluding carboxylic acids is 1. The molecule has 0 N–H and O–H groups in total. The molecule has 6 heteroatoms. The first-order valence-electron chi connectivity index (χ1n) is 8.35. The van der Waals surface area contributed by atoms with E-state index in [1.54, 1.807) is 36.4 Å². The second-order valence-corrected chi connectivity index (χ2v) is 6.01. The van der Waals surface area contributed by atoms with E-state index in [4.69, 9.17) is 18.7 Å². The Hall–Kier alpha value is -3.80. The van der Waals surface area contributed by atoms with Crippen molar-refractivity contribution in [1.29, 1.82) is 0 Å². The number of fused-ring (bicyclic) bond motifs is 2. The number of carbonyl (C=O) groups is 1. The highest BCUT2D eigenvalue weighted by molar-refractivity contribution is 5.99. The molecule has 1 aromatic heterocycles. The zero-order valence-electron chi connectivity index (χ0n) is 14.0. The summed E-state index contributed by atoms with van der Waals surface area (Å²) < 4.78 is 21.5. The quantitative estimate of drug-likeness (QED) is 0.398. The molecule has 3 aromatic carbocycles. The Morgan fingerprint density at radius 3 is 2.67 bits per heavy atom. The molecule has 0 bridgehead atoms. The summed E-state index contributed by atoms with van der Waals surface area (Å²) in [5.41, 5.74) is 1.97. The first-order valence-corrected chi connectivity index (χ1v) is 8.35. The molecule has 132 valence electrons. The van der Waals surface area contributed by atoms with Gasteiger partial charge in [-0.05, 0) is 30.3 Å². The fraction of sp³-hybridized carbons (Fsp3) is 0.0476. The molecule has 2 heterocycles. The zero-order chi connectivity index (χ0) is 18.2. The van der Waals surface area contributed by atoms with Gasteiger partial charge in [0.1, 0.15) is 11.3 Å². The van der Waals surface area contributed by atoms with E-state index in [2.05, 4.69) is 5.16 Å². The number of aromatic nitrogens is 1. The first kappa shape index (κ1) is 15.5. The van der Waals surface area contributed by atoms with E-state index in [9.17, 15) is 4.79 Å². The van der Waals surface area contributed by atoms with Crippen molar-refractivity contribution in [3.05, 3.63) is 72.3 Å². The standard InChI is InChI=1S/C21H13NO5/c23-21(26-15-7-9-18-19(11-15)25-12-24-18)14-6-8-17-16(10-14)20(27-22-17)13-4-2-1-3-5-13/h1-11H,12H2. The summed E-state index contributed by atoms with van der Waals surface area (Å²) in [6.45, 7) is 0.166. The molecule has 0 spiro atoms. The van der Waals surface area contributed by atoms with Crippen LogP contribution in [0.5, 0.6) is 17.2 Å². The monoisotopic (exact) mass is 359 g/mol. The van der Waals surface area contributed by atoms with Crippen LogP contribution in [-0.4, -0.2) is 17.9 Å². The predicted molar refractivity (Wildman–Crippen MR) is 97.0 cm³/mol. The summed E-state index contributed by atoms with van der Waals surface area (Å²) in [6.07, 6.45) is 0. The molecule has 4 aromatic rings. The summed E-state index contributed by atoms with van der Waals surface area (Å²) in [5, 5.41) is 4.81. The first-order chi connectivity index (χ1) is 13.3. The molecule has 6 nitrogen and oxygen atoms in total. The molecule has 27 heavy (non-hydrogen) atoms. The van der Waals surface area contributed by atoms with Crippen molar-refractivity contribution in [3.8, 4) is 28.6 Å². The molecule has 0 aliphatic carbocycles. The van der Waals surface area contributed by atoms with E-state index in [1.165, 1.54) is 0 Å². The van der Waals surface area contributed by atoms with Crippen LogP contribution in [0.1, 0.15) is 10.4 Å². The third kappa shape index (κ3) is 2.77. The highest BCUT2D eigenvalue weighted by Crippen LogP contribution is 2.35. The number of benzene rings is 3. The topological polar surface area (TPSA) is 70.8 Å². The maximum atomic E-state index is 12.6. The van der Waals surface area contributed by atoms with Crippen molar-refractivity contribution in [2.45, 2.75) is 0 Å². The number of ether oxygens (including phenoxy) is 3. The van der Waals surface area contributed by atoms with E-state index in [1.807, 2.05) is 30.3 Å². The van der Waals surface area contributed by atoms with Crippen molar-refractivity contribution in [2.75, 3.05) is 6.79 Å². The average Bonchev–Trinajstić information content (AvgIpc) is 3.34. The lowest BCUT2D eigenvalue weighted by molar-refractivity contribution is 0.0734. The van der Waals surface area contributed by atoms with E-state index in [0.717, 1.165) is 10.9 Å². The van der Waals surface area contributed by atoms with Crippen LogP contribution in [-0.2, 0) is 0 Å². The van der Waals surface area contributed by atoms with Gasteiger partial charge >= 0.3 is 5.97 Å². The fourth-order valence-corrected chi connectivity index (χ4v) is 2.97. The lowest BCUT2D eigenvalue weighted by Crippen LogP contribution is -2.08. The minimum absolute atomic E-state index is 0.166. The third-order valence-corrected chi connectivity index (χ3v) is 4.30. The number of nitrogens with zero attached hydrogens (tertiary/aromatic N) is 1. The van der Waals surface area contributed by atoms with Crippen LogP contribution in [0.15, 0.2) is 71.3 Å². The molecule has 0 saturated carbocycles. The van der Waals surface area contributed by atoms with E-state index >= 15 is 0 Å². The maximum Gasteiger partial charge on any atom is 0.343 e. The number of rotatable bonds is 3. The lowest BCUT2D eigenvalue weighted by atomic mass is 10.1. The van der Waals surface area contributed by atoms with Gasteiger partial charge in [-0.25, -0.2) is 4.79 Å². The Balaban J connectivity index is 1.47. The van der Waals surface area contributed by atoms with Crippen LogP contribution < -0.4 is 14.2 Å². The van der Waals surface area contributed by atoms with Gasteiger partial charge in [0, 0.05) is 11.6 Å². The van der Waals surface area contributed by atoms with Crippen molar-refractivity contribution in [2.24, 2.45) is 0 Å². The second kappa shape index (κ2) is 6.17. The summed E-state index contributed by atoms with van der Waals surface area (Å²) in [5.74, 6) is 1.71. The van der Waals surface area contributed by atoms with Gasteiger partial charge in [-0.3, -0.25) is 0 Å². The van der Waals surface area contributed by atoms with Gasteiger partial charge in [0.25, 0.3) is 0 Å². The van der Waals surface area contributed by atoms with Crippen molar-refractivity contribution >= 4 is 16.9 Å². The smallest absolute Gasteiger partial charge is 0.343 e. The Morgan fingerprint density at radius 1 is 0.926 bits per heavy atom. The van der Waals surface area contributed by atoms with Gasteiger partial charge in [-0.15, -0.1) is 0 Å². The molecular weight excluding hydrogens is 346 g/mol. The Morgan fingerprint density at radius 2 is 1.78 bits per heavy atom. The molecule has 0 atom stereocenters. The van der Waals surface area contributed by atoms with Crippen molar-refractivity contribution in [1.82, 2.24) is 5.16 Å². The molecule has 0 amide bonds. The van der Waals surface area contributed by atoms with Gasteiger partial charge in [0.15, 0.2) is 17.3 Å². The van der Waals surface area contributed by atoms with E-state index in [-0.39, 0.29) is 6.79 Å². The number of hydrogen-bond acceptors (Lipinski definition) is 6. The Kier molecular flexibility index (Phi) is 3.53. The Bertz CT molecular complexity index is 1150. The zero-order valence-corrected chi connectivity index (χ0v) is 14.0. The summed E-state index contributed by atoms with van der Waals surface area (Å²) >= 11 is 0. The predicted octanol–water partition coefficient (Wildman–Crippen LogP) is 4.44. The van der Waals surface area contributed by atoms with Crippen LogP contribution >= 0.6 is 0 Å². The van der Waals surface area contributed by atoms with Crippen LogP contribution in [0, 0.1) is 0 Å². The molecule has 0 saturated heterocycles. The molecule has 1 aliphatic rings. The molecule has 0 radical (unpaired) electrons. The molecule has 1 aliphatic heterocycles. The minimum Gasteiger partial charge on any atom is -0.454 e. The molecule has 0 unspecified atom stereocenters. The summed E-state index contributed by atoms with van der Waals surface area (Å²) in [6, 6.07) is 19.8. The van der Waals surface area contributed by atoms with Gasteiger partial charge in [-0.2, -0.15) is 0 Å². The number of esters is 1. The third-order valence-electron chi connectivity index (χ3n) is 4.30. The molecule has 0 fully saturated rings. The average molecular weight is 359 g/mol. The summed E-state index contributed by atoms with van der Waals surface area (Å²) in [4.78, 5) is 12.6. The van der Waals surface area contributed by atoms with Crippen LogP contribution in [0.3, 0.4) is 0 Å². The lowest BCUT2D eigenvalue weighted by Gasteiger charge is -2.05.